The molecule has 0 radical (unpaired) electrons. The van der Waals surface area contributed by atoms with Crippen molar-refractivity contribution in [2.24, 2.45) is 4.99 Å². The van der Waals surface area contributed by atoms with Gasteiger partial charge in [-0.2, -0.15) is 0 Å². The van der Waals surface area contributed by atoms with E-state index in [0.29, 0.717) is 6.54 Å². The number of guanidine groups is 1. The highest BCUT2D eigenvalue weighted by molar-refractivity contribution is 14.0. The molecule has 0 aliphatic carbocycles. The van der Waals surface area contributed by atoms with E-state index in [1.54, 1.807) is 0 Å². The fourth-order valence-electron chi connectivity index (χ4n) is 2.19. The molecule has 0 amide bonds. The molecule has 6 heteroatoms. The molecule has 5 nitrogen and oxygen atoms in total. The summed E-state index contributed by atoms with van der Waals surface area (Å²) in [4.78, 5) is 14.5. The summed E-state index contributed by atoms with van der Waals surface area (Å²) in [6.07, 6.45) is 2.93. The third kappa shape index (κ3) is 5.85. The van der Waals surface area contributed by atoms with Crippen molar-refractivity contribution in [1.82, 2.24) is 20.2 Å². The van der Waals surface area contributed by atoms with Gasteiger partial charge in [0.25, 0.3) is 0 Å². The van der Waals surface area contributed by atoms with Gasteiger partial charge in [0.15, 0.2) is 5.96 Å². The molecule has 0 aliphatic heterocycles. The van der Waals surface area contributed by atoms with Crippen molar-refractivity contribution in [1.29, 1.82) is 0 Å². The van der Waals surface area contributed by atoms with E-state index in [2.05, 4.69) is 51.2 Å². The van der Waals surface area contributed by atoms with Crippen LogP contribution in [0.4, 0.5) is 0 Å². The van der Waals surface area contributed by atoms with E-state index < -0.39 is 0 Å². The second kappa shape index (κ2) is 10.3. The molecule has 2 aromatic rings. The Labute approximate surface area is 155 Å². The summed E-state index contributed by atoms with van der Waals surface area (Å²) in [5.74, 6) is 1.85. The summed E-state index contributed by atoms with van der Waals surface area (Å²) in [6.45, 7) is 6.60. The van der Waals surface area contributed by atoms with Gasteiger partial charge in [0.2, 0.25) is 0 Å². The maximum atomic E-state index is 4.58. The Kier molecular flexibility index (Phi) is 8.68. The average Bonchev–Trinajstić information content (AvgIpc) is 3.00. The Morgan fingerprint density at radius 2 is 2.00 bits per heavy atom. The first kappa shape index (κ1) is 19.5. The van der Waals surface area contributed by atoms with Crippen LogP contribution in [-0.4, -0.2) is 41.0 Å². The number of nitrogens with zero attached hydrogens (tertiary/aromatic N) is 3. The number of nitrogens with one attached hydrogen (secondary N) is 2. The van der Waals surface area contributed by atoms with Crippen LogP contribution in [0.3, 0.4) is 0 Å². The molecular formula is C17H26IN5. The Morgan fingerprint density at radius 1 is 1.26 bits per heavy atom. The van der Waals surface area contributed by atoms with E-state index >= 15 is 0 Å². The summed E-state index contributed by atoms with van der Waals surface area (Å²) < 4.78 is 0. The number of hydrogen-bond donors (Lipinski definition) is 2. The number of aromatic amines is 1. The molecular weight excluding hydrogens is 401 g/mol. The summed E-state index contributed by atoms with van der Waals surface area (Å²) in [5, 5.41) is 3.31. The first-order valence-corrected chi connectivity index (χ1v) is 7.83. The van der Waals surface area contributed by atoms with Crippen molar-refractivity contribution in [3.05, 3.63) is 42.4 Å². The molecule has 0 bridgehead atoms. The van der Waals surface area contributed by atoms with Crippen LogP contribution in [0.1, 0.15) is 26.1 Å². The van der Waals surface area contributed by atoms with Gasteiger partial charge in [-0.1, -0.05) is 37.3 Å². The fourth-order valence-corrected chi connectivity index (χ4v) is 2.19. The van der Waals surface area contributed by atoms with E-state index in [1.165, 1.54) is 0 Å². The van der Waals surface area contributed by atoms with Gasteiger partial charge in [-0.15, -0.1) is 24.0 Å². The quantitative estimate of drug-likeness (QED) is 0.422. The highest BCUT2D eigenvalue weighted by atomic mass is 127. The lowest BCUT2D eigenvalue weighted by molar-refractivity contribution is 0.464. The molecule has 0 aliphatic rings. The van der Waals surface area contributed by atoms with E-state index in [0.717, 1.165) is 42.6 Å². The van der Waals surface area contributed by atoms with Crippen molar-refractivity contribution in [2.75, 3.05) is 20.1 Å². The molecule has 0 saturated carbocycles. The van der Waals surface area contributed by atoms with Crippen molar-refractivity contribution < 1.29 is 0 Å². The van der Waals surface area contributed by atoms with E-state index in [1.807, 2.05) is 31.4 Å². The zero-order chi connectivity index (χ0) is 15.8. The molecule has 0 spiro atoms. The lowest BCUT2D eigenvalue weighted by Crippen LogP contribution is -2.38. The Balaban J connectivity index is 0.00000264. The van der Waals surface area contributed by atoms with Crippen LogP contribution in [0.25, 0.3) is 11.3 Å². The van der Waals surface area contributed by atoms with Gasteiger partial charge in [0.1, 0.15) is 5.82 Å². The van der Waals surface area contributed by atoms with E-state index in [9.17, 15) is 0 Å². The summed E-state index contributed by atoms with van der Waals surface area (Å²) in [7, 11) is 2.03. The molecule has 2 N–H and O–H groups in total. The van der Waals surface area contributed by atoms with Gasteiger partial charge in [0, 0.05) is 20.1 Å². The van der Waals surface area contributed by atoms with E-state index in [-0.39, 0.29) is 24.0 Å². The second-order valence-corrected chi connectivity index (χ2v) is 5.20. The zero-order valence-corrected chi connectivity index (χ0v) is 16.4. The van der Waals surface area contributed by atoms with Crippen LogP contribution < -0.4 is 5.32 Å². The number of aromatic nitrogens is 2. The summed E-state index contributed by atoms with van der Waals surface area (Å²) >= 11 is 0. The minimum absolute atomic E-state index is 0. The molecule has 1 aromatic carbocycles. The monoisotopic (exact) mass is 427 g/mol. The zero-order valence-electron chi connectivity index (χ0n) is 14.0. The Hall–Kier alpha value is -1.57. The van der Waals surface area contributed by atoms with Gasteiger partial charge < -0.3 is 15.2 Å². The lowest BCUT2D eigenvalue weighted by Gasteiger charge is -2.20. The van der Waals surface area contributed by atoms with Gasteiger partial charge in [0.05, 0.1) is 18.4 Å². The van der Waals surface area contributed by atoms with Crippen LogP contribution in [0, 0.1) is 0 Å². The Morgan fingerprint density at radius 3 is 2.65 bits per heavy atom. The lowest BCUT2D eigenvalue weighted by atomic mass is 10.2. The maximum absolute atomic E-state index is 4.58. The minimum Gasteiger partial charge on any atom is -0.357 e. The first-order chi connectivity index (χ1) is 10.7. The SMILES string of the molecule is CCCN=C(NCC)N(C)Cc1ncc(-c2ccccc2)[nH]1.I. The highest BCUT2D eigenvalue weighted by Gasteiger charge is 2.09. The second-order valence-electron chi connectivity index (χ2n) is 5.20. The van der Waals surface area contributed by atoms with Crippen LogP contribution in [0.2, 0.25) is 0 Å². The van der Waals surface area contributed by atoms with Crippen LogP contribution in [-0.2, 0) is 6.54 Å². The number of imidazole rings is 1. The van der Waals surface area contributed by atoms with E-state index in [4.69, 9.17) is 0 Å². The fraction of sp³-hybridized carbons (Fsp3) is 0.412. The average molecular weight is 427 g/mol. The molecule has 23 heavy (non-hydrogen) atoms. The van der Waals surface area contributed by atoms with Crippen molar-refractivity contribution in [3.8, 4) is 11.3 Å². The van der Waals surface area contributed by atoms with Gasteiger partial charge >= 0.3 is 0 Å². The van der Waals surface area contributed by atoms with Gasteiger partial charge in [-0.3, -0.25) is 4.99 Å². The topological polar surface area (TPSA) is 56.3 Å². The third-order valence-corrected chi connectivity index (χ3v) is 3.28. The molecule has 0 atom stereocenters. The molecule has 0 unspecified atom stereocenters. The standard InChI is InChI=1S/C17H25N5.HI/c1-4-11-19-17(18-5-2)22(3)13-16-20-12-15(21-16)14-9-7-6-8-10-14;/h6-10,12H,4-5,11,13H2,1-3H3,(H,18,19)(H,20,21);1H. The van der Waals surface area contributed by atoms with Crippen molar-refractivity contribution in [3.63, 3.8) is 0 Å². The predicted octanol–water partition coefficient (Wildman–Crippen LogP) is 3.50. The number of halogens is 1. The first-order valence-electron chi connectivity index (χ1n) is 7.83. The molecule has 126 valence electrons. The predicted molar refractivity (Wildman–Crippen MR) is 107 cm³/mol. The number of benzene rings is 1. The summed E-state index contributed by atoms with van der Waals surface area (Å²) in [6, 6.07) is 10.2. The van der Waals surface area contributed by atoms with Crippen LogP contribution >= 0.6 is 24.0 Å². The molecule has 0 fully saturated rings. The normalized spacial score (nSPS) is 11.0. The number of H-pyrrole nitrogens is 1. The van der Waals surface area contributed by atoms with Crippen molar-refractivity contribution >= 4 is 29.9 Å². The molecule has 1 aromatic heterocycles. The largest absolute Gasteiger partial charge is 0.357 e. The Bertz CT molecular complexity index is 594. The molecule has 0 saturated heterocycles. The van der Waals surface area contributed by atoms with Crippen molar-refractivity contribution in [2.45, 2.75) is 26.8 Å². The highest BCUT2D eigenvalue weighted by Crippen LogP contribution is 2.16. The molecule has 2 rings (SSSR count). The van der Waals surface area contributed by atoms with Gasteiger partial charge in [-0.05, 0) is 18.9 Å². The number of aliphatic imine (C=N–C) groups is 1. The van der Waals surface area contributed by atoms with Gasteiger partial charge in [-0.25, -0.2) is 4.98 Å². The van der Waals surface area contributed by atoms with Crippen LogP contribution in [0.15, 0.2) is 41.5 Å². The maximum Gasteiger partial charge on any atom is 0.194 e. The third-order valence-electron chi connectivity index (χ3n) is 3.28. The minimum atomic E-state index is 0. The molecule has 1 heterocycles. The number of hydrogen-bond acceptors (Lipinski definition) is 2. The summed E-state index contributed by atoms with van der Waals surface area (Å²) in [5.41, 5.74) is 2.19. The smallest absolute Gasteiger partial charge is 0.194 e. The number of rotatable bonds is 6. The van der Waals surface area contributed by atoms with Crippen LogP contribution in [0.5, 0.6) is 0 Å².